The first-order valence-electron chi connectivity index (χ1n) is 11.3. The van der Waals surface area contributed by atoms with Gasteiger partial charge in [0, 0.05) is 17.8 Å². The number of carbonyl (C=O) groups is 1. The highest BCUT2D eigenvalue weighted by Gasteiger charge is 2.42. The topological polar surface area (TPSA) is 83.5 Å². The van der Waals surface area contributed by atoms with E-state index in [2.05, 4.69) is 4.98 Å². The highest BCUT2D eigenvalue weighted by molar-refractivity contribution is 7.89. The largest absolute Gasteiger partial charge is 0.281 e. The number of anilines is 1. The molecular weight excluding hydrogens is 523 g/mol. The summed E-state index contributed by atoms with van der Waals surface area (Å²) < 4.78 is 42.3. The number of amides is 1. The number of rotatable bonds is 6. The van der Waals surface area contributed by atoms with E-state index in [1.54, 1.807) is 24.4 Å². The van der Waals surface area contributed by atoms with E-state index in [-0.39, 0.29) is 23.9 Å². The van der Waals surface area contributed by atoms with Crippen LogP contribution in [0, 0.1) is 12.7 Å². The number of pyridine rings is 1. The molecule has 0 spiro atoms. The van der Waals surface area contributed by atoms with Crippen molar-refractivity contribution in [2.75, 3.05) is 11.4 Å². The number of benzene rings is 2. The number of fused-ring (bicyclic) bond motifs is 1. The number of nitrogens with zero attached hydrogens (tertiary/aromatic N) is 4. The number of aryl methyl sites for hydroxylation is 1. The van der Waals surface area contributed by atoms with Gasteiger partial charge in [-0.2, -0.15) is 4.31 Å². The maximum absolute atomic E-state index is 14.0. The first kappa shape index (κ1) is 24.8. The molecule has 0 radical (unpaired) electrons. The monoisotopic (exact) mass is 544 g/mol. The number of thiazole rings is 1. The minimum atomic E-state index is -4.01. The van der Waals surface area contributed by atoms with E-state index in [4.69, 9.17) is 16.6 Å². The molecule has 3 heterocycles. The molecule has 11 heteroatoms. The molecule has 2 aromatic carbocycles. The van der Waals surface area contributed by atoms with E-state index in [1.807, 2.05) is 19.1 Å². The minimum absolute atomic E-state index is 0.0508. The number of hydrogen-bond acceptors (Lipinski definition) is 6. The molecule has 186 valence electrons. The molecule has 1 unspecified atom stereocenters. The second-order valence-electron chi connectivity index (χ2n) is 8.49. The SMILES string of the molecule is Cc1c(Cl)ccc2sc(N(Cc3ccccn3)C(=O)C3CCCN3S(=O)(=O)c3ccc(F)cc3)nc12. The molecule has 1 atom stereocenters. The van der Waals surface area contributed by atoms with E-state index >= 15 is 0 Å². The van der Waals surface area contributed by atoms with Gasteiger partial charge in [-0.05, 0) is 73.9 Å². The van der Waals surface area contributed by atoms with Gasteiger partial charge in [0.25, 0.3) is 0 Å². The van der Waals surface area contributed by atoms with Crippen LogP contribution in [0.5, 0.6) is 0 Å². The third-order valence-electron chi connectivity index (χ3n) is 6.19. The number of halogens is 2. The van der Waals surface area contributed by atoms with Crippen molar-refractivity contribution in [2.24, 2.45) is 0 Å². The second-order valence-corrected chi connectivity index (χ2v) is 11.8. The fourth-order valence-electron chi connectivity index (χ4n) is 4.29. The third-order valence-corrected chi connectivity index (χ3v) is 9.56. The zero-order chi connectivity index (χ0) is 25.4. The maximum Gasteiger partial charge on any atom is 0.247 e. The van der Waals surface area contributed by atoms with Crippen LogP contribution in [-0.2, 0) is 21.4 Å². The van der Waals surface area contributed by atoms with Crippen LogP contribution in [0.1, 0.15) is 24.1 Å². The Kier molecular flexibility index (Phi) is 6.78. The predicted molar refractivity (Wildman–Crippen MR) is 138 cm³/mol. The molecule has 2 aromatic heterocycles. The molecule has 1 aliphatic rings. The van der Waals surface area contributed by atoms with Crippen LogP contribution in [0.4, 0.5) is 9.52 Å². The molecular formula is C25H22ClFN4O3S2. The number of hydrogen-bond donors (Lipinski definition) is 0. The standard InChI is InChI=1S/C25H22ClFN4O3S2/c1-16-20(26)11-12-22-23(16)29-25(35-22)30(15-18-5-2-3-13-28-18)24(32)21-6-4-14-31(21)36(33,34)19-9-7-17(27)8-10-19/h2-3,5,7-13,21H,4,6,14-15H2,1H3. The molecule has 0 aliphatic carbocycles. The Balaban J connectivity index is 1.54. The Morgan fingerprint density at radius 3 is 2.69 bits per heavy atom. The van der Waals surface area contributed by atoms with Gasteiger partial charge in [0.1, 0.15) is 11.9 Å². The van der Waals surface area contributed by atoms with Crippen molar-refractivity contribution >= 4 is 54.2 Å². The van der Waals surface area contributed by atoms with Crippen LogP contribution in [0.15, 0.2) is 65.7 Å². The zero-order valence-corrected chi connectivity index (χ0v) is 21.7. The Hall–Kier alpha value is -2.92. The van der Waals surface area contributed by atoms with E-state index in [0.29, 0.717) is 34.2 Å². The quantitative estimate of drug-likeness (QED) is 0.334. The smallest absolute Gasteiger partial charge is 0.247 e. The van der Waals surface area contributed by atoms with Gasteiger partial charge in [-0.1, -0.05) is 29.0 Å². The first-order chi connectivity index (χ1) is 17.3. The normalized spacial score (nSPS) is 16.5. The fourth-order valence-corrected chi connectivity index (χ4v) is 7.13. The summed E-state index contributed by atoms with van der Waals surface area (Å²) in [6.45, 7) is 2.20. The van der Waals surface area contributed by atoms with Gasteiger partial charge < -0.3 is 0 Å². The van der Waals surface area contributed by atoms with Gasteiger partial charge in [0.05, 0.1) is 27.4 Å². The van der Waals surface area contributed by atoms with Gasteiger partial charge in [-0.3, -0.25) is 14.7 Å². The Bertz CT molecular complexity index is 1530. The number of carbonyl (C=O) groups excluding carboxylic acids is 1. The Labute approximate surface area is 217 Å². The summed E-state index contributed by atoms with van der Waals surface area (Å²) in [4.78, 5) is 24.5. The van der Waals surface area contributed by atoms with Gasteiger partial charge in [0.2, 0.25) is 15.9 Å². The predicted octanol–water partition coefficient (Wildman–Crippen LogP) is 5.18. The molecule has 4 aromatic rings. The minimum Gasteiger partial charge on any atom is -0.281 e. The van der Waals surface area contributed by atoms with Gasteiger partial charge in [0.15, 0.2) is 5.13 Å². The fraction of sp³-hybridized carbons (Fsp3) is 0.240. The van der Waals surface area contributed by atoms with Crippen LogP contribution < -0.4 is 4.90 Å². The van der Waals surface area contributed by atoms with Crippen molar-refractivity contribution in [1.82, 2.24) is 14.3 Å². The van der Waals surface area contributed by atoms with Gasteiger partial charge in [-0.15, -0.1) is 0 Å². The lowest BCUT2D eigenvalue weighted by Gasteiger charge is -2.28. The van der Waals surface area contributed by atoms with Crippen molar-refractivity contribution in [3.05, 3.63) is 82.9 Å². The van der Waals surface area contributed by atoms with Crippen LogP contribution in [0.25, 0.3) is 10.2 Å². The zero-order valence-electron chi connectivity index (χ0n) is 19.3. The van der Waals surface area contributed by atoms with Gasteiger partial charge >= 0.3 is 0 Å². The van der Waals surface area contributed by atoms with E-state index in [1.165, 1.54) is 32.7 Å². The van der Waals surface area contributed by atoms with Crippen LogP contribution in [0.2, 0.25) is 5.02 Å². The molecule has 1 amide bonds. The lowest BCUT2D eigenvalue weighted by molar-refractivity contribution is -0.121. The molecule has 7 nitrogen and oxygen atoms in total. The Morgan fingerprint density at radius 2 is 1.97 bits per heavy atom. The van der Waals surface area contributed by atoms with E-state index in [9.17, 15) is 17.6 Å². The molecule has 1 saturated heterocycles. The first-order valence-corrected chi connectivity index (χ1v) is 13.9. The average molecular weight is 545 g/mol. The molecule has 0 N–H and O–H groups in total. The summed E-state index contributed by atoms with van der Waals surface area (Å²) in [6, 6.07) is 12.8. The third kappa shape index (κ3) is 4.61. The Morgan fingerprint density at radius 1 is 1.19 bits per heavy atom. The number of sulfonamides is 1. The lowest BCUT2D eigenvalue weighted by Crippen LogP contribution is -2.47. The highest BCUT2D eigenvalue weighted by Crippen LogP contribution is 2.36. The summed E-state index contributed by atoms with van der Waals surface area (Å²) in [6.07, 6.45) is 2.54. The van der Waals surface area contributed by atoms with Crippen LogP contribution in [-0.4, -0.2) is 41.2 Å². The second kappa shape index (κ2) is 9.85. The summed E-state index contributed by atoms with van der Waals surface area (Å²) in [5.41, 5.74) is 2.15. The summed E-state index contributed by atoms with van der Waals surface area (Å²) >= 11 is 7.63. The molecule has 1 fully saturated rings. The molecule has 1 aliphatic heterocycles. The van der Waals surface area contributed by atoms with Crippen molar-refractivity contribution in [3.63, 3.8) is 0 Å². The molecule has 0 saturated carbocycles. The highest BCUT2D eigenvalue weighted by atomic mass is 35.5. The maximum atomic E-state index is 14.0. The average Bonchev–Trinajstić information content (AvgIpc) is 3.54. The summed E-state index contributed by atoms with van der Waals surface area (Å²) in [5.74, 6) is -0.914. The summed E-state index contributed by atoms with van der Waals surface area (Å²) in [5, 5.41) is 1.02. The molecule has 36 heavy (non-hydrogen) atoms. The van der Waals surface area contributed by atoms with Crippen molar-refractivity contribution < 1.29 is 17.6 Å². The summed E-state index contributed by atoms with van der Waals surface area (Å²) in [7, 11) is -4.01. The van der Waals surface area contributed by atoms with E-state index < -0.39 is 21.9 Å². The van der Waals surface area contributed by atoms with Gasteiger partial charge in [-0.25, -0.2) is 17.8 Å². The molecule has 5 rings (SSSR count). The van der Waals surface area contributed by atoms with Crippen LogP contribution in [0.3, 0.4) is 0 Å². The van der Waals surface area contributed by atoms with Crippen molar-refractivity contribution in [2.45, 2.75) is 37.2 Å². The molecule has 0 bridgehead atoms. The van der Waals surface area contributed by atoms with Crippen molar-refractivity contribution in [3.8, 4) is 0 Å². The lowest BCUT2D eigenvalue weighted by atomic mass is 10.2. The van der Waals surface area contributed by atoms with Crippen molar-refractivity contribution in [1.29, 1.82) is 0 Å². The number of aromatic nitrogens is 2. The van der Waals surface area contributed by atoms with E-state index in [0.717, 1.165) is 22.4 Å². The van der Waals surface area contributed by atoms with Crippen LogP contribution >= 0.6 is 22.9 Å².